The summed E-state index contributed by atoms with van der Waals surface area (Å²) in [6.07, 6.45) is 3.46. The van der Waals surface area contributed by atoms with Gasteiger partial charge in [-0.2, -0.15) is 0 Å². The lowest BCUT2D eigenvalue weighted by atomic mass is 9.76. The van der Waals surface area contributed by atoms with Gasteiger partial charge in [-0.15, -0.1) is 0 Å². The Hall–Kier alpha value is -0.860. The van der Waals surface area contributed by atoms with Crippen LogP contribution in [0.3, 0.4) is 0 Å². The molecule has 1 rings (SSSR count). The Morgan fingerprint density at radius 1 is 1.33 bits per heavy atom. The molecule has 0 heterocycles. The van der Waals surface area contributed by atoms with Gasteiger partial charge in [-0.05, 0) is 33.6 Å². The monoisotopic (exact) mass is 212 g/mol. The van der Waals surface area contributed by atoms with Crippen LogP contribution in [-0.4, -0.2) is 18.4 Å². The maximum absolute atomic E-state index is 11.7. The second kappa shape index (κ2) is 4.77. The van der Waals surface area contributed by atoms with Gasteiger partial charge in [0, 0.05) is 12.3 Å². The Bertz CT molecular complexity index is 252. The van der Waals surface area contributed by atoms with E-state index in [9.17, 15) is 9.59 Å². The van der Waals surface area contributed by atoms with E-state index in [1.54, 1.807) is 20.8 Å². The van der Waals surface area contributed by atoms with Crippen molar-refractivity contribution in [2.75, 3.05) is 6.61 Å². The van der Waals surface area contributed by atoms with Gasteiger partial charge in [0.05, 0.1) is 12.0 Å². The lowest BCUT2D eigenvalue weighted by Crippen LogP contribution is -2.33. The molecule has 0 N–H and O–H groups in total. The molecule has 0 aliphatic heterocycles. The number of hydrogen-bond donors (Lipinski definition) is 0. The van der Waals surface area contributed by atoms with E-state index in [-0.39, 0.29) is 17.7 Å². The fourth-order valence-corrected chi connectivity index (χ4v) is 1.71. The number of carbonyl (C=O) groups excluding carboxylic acids is 2. The van der Waals surface area contributed by atoms with E-state index in [1.165, 1.54) is 0 Å². The van der Waals surface area contributed by atoms with Crippen molar-refractivity contribution >= 4 is 11.8 Å². The highest BCUT2D eigenvalue weighted by molar-refractivity contribution is 5.88. The molecule has 0 aromatic carbocycles. The molecule has 0 spiro atoms. The number of rotatable bonds is 5. The number of Topliss-reactive ketones (excluding diaryl/α,β-unsaturated/α-hetero) is 1. The molecule has 0 atom stereocenters. The SMILES string of the molecule is CCOC(=O)C(C)(C)CC(=O)C1CCC1. The van der Waals surface area contributed by atoms with Gasteiger partial charge in [0.15, 0.2) is 0 Å². The van der Waals surface area contributed by atoms with Crippen molar-refractivity contribution in [3.05, 3.63) is 0 Å². The number of hydrogen-bond acceptors (Lipinski definition) is 3. The molecule has 0 amide bonds. The van der Waals surface area contributed by atoms with Gasteiger partial charge in [0.2, 0.25) is 0 Å². The standard InChI is InChI=1S/C12H20O3/c1-4-15-11(14)12(2,3)8-10(13)9-6-5-7-9/h9H,4-8H2,1-3H3. The number of ether oxygens (including phenoxy) is 1. The molecule has 3 heteroatoms. The zero-order valence-corrected chi connectivity index (χ0v) is 9.84. The van der Waals surface area contributed by atoms with Crippen LogP contribution in [0, 0.1) is 11.3 Å². The first-order chi connectivity index (χ1) is 6.97. The van der Waals surface area contributed by atoms with Gasteiger partial charge in [-0.3, -0.25) is 9.59 Å². The molecule has 0 bridgehead atoms. The summed E-state index contributed by atoms with van der Waals surface area (Å²) in [5.74, 6) is 0.163. The Labute approximate surface area is 91.2 Å². The summed E-state index contributed by atoms with van der Waals surface area (Å²) in [6, 6.07) is 0. The van der Waals surface area contributed by atoms with Gasteiger partial charge in [0.25, 0.3) is 0 Å². The number of ketones is 1. The first kappa shape index (κ1) is 12.2. The Morgan fingerprint density at radius 2 is 1.93 bits per heavy atom. The van der Waals surface area contributed by atoms with Crippen LogP contribution in [0.15, 0.2) is 0 Å². The number of esters is 1. The van der Waals surface area contributed by atoms with E-state index in [0.717, 1.165) is 19.3 Å². The minimum atomic E-state index is -0.664. The molecule has 0 radical (unpaired) electrons. The molecule has 3 nitrogen and oxygen atoms in total. The van der Waals surface area contributed by atoms with E-state index in [2.05, 4.69) is 0 Å². The molecule has 86 valence electrons. The molecular weight excluding hydrogens is 192 g/mol. The molecule has 0 saturated heterocycles. The first-order valence-electron chi connectivity index (χ1n) is 5.67. The number of carbonyl (C=O) groups is 2. The van der Waals surface area contributed by atoms with Crippen LogP contribution in [0.1, 0.15) is 46.5 Å². The quantitative estimate of drug-likeness (QED) is 0.657. The predicted octanol–water partition coefficient (Wildman–Crippen LogP) is 2.33. The van der Waals surface area contributed by atoms with Crippen molar-refractivity contribution in [1.82, 2.24) is 0 Å². The van der Waals surface area contributed by atoms with E-state index < -0.39 is 5.41 Å². The minimum Gasteiger partial charge on any atom is -0.466 e. The maximum atomic E-state index is 11.7. The molecule has 1 aliphatic carbocycles. The third kappa shape index (κ3) is 3.05. The van der Waals surface area contributed by atoms with Gasteiger partial charge >= 0.3 is 5.97 Å². The van der Waals surface area contributed by atoms with Crippen molar-refractivity contribution in [2.24, 2.45) is 11.3 Å². The highest BCUT2D eigenvalue weighted by Gasteiger charge is 2.35. The Morgan fingerprint density at radius 3 is 2.33 bits per heavy atom. The summed E-state index contributed by atoms with van der Waals surface area (Å²) in [4.78, 5) is 23.3. The zero-order chi connectivity index (χ0) is 11.5. The van der Waals surface area contributed by atoms with Crippen LogP contribution in [0.25, 0.3) is 0 Å². The second-order valence-corrected chi connectivity index (χ2v) is 4.88. The zero-order valence-electron chi connectivity index (χ0n) is 9.84. The summed E-state index contributed by atoms with van der Waals surface area (Å²) in [6.45, 7) is 5.71. The highest BCUT2D eigenvalue weighted by atomic mass is 16.5. The molecule has 0 unspecified atom stereocenters. The third-order valence-corrected chi connectivity index (χ3v) is 3.00. The predicted molar refractivity (Wildman–Crippen MR) is 57.4 cm³/mol. The average molecular weight is 212 g/mol. The van der Waals surface area contributed by atoms with Crippen molar-refractivity contribution in [2.45, 2.75) is 46.5 Å². The molecule has 0 aromatic rings. The lowest BCUT2D eigenvalue weighted by Gasteiger charge is -2.28. The fourth-order valence-electron chi connectivity index (χ4n) is 1.71. The normalized spacial score (nSPS) is 17.0. The van der Waals surface area contributed by atoms with Crippen molar-refractivity contribution < 1.29 is 14.3 Å². The van der Waals surface area contributed by atoms with Crippen molar-refractivity contribution in [1.29, 1.82) is 0 Å². The van der Waals surface area contributed by atoms with Crippen molar-refractivity contribution in [3.8, 4) is 0 Å². The van der Waals surface area contributed by atoms with Gasteiger partial charge in [0.1, 0.15) is 5.78 Å². The molecule has 1 aliphatic rings. The summed E-state index contributed by atoms with van der Waals surface area (Å²) in [7, 11) is 0. The molecule has 1 fully saturated rings. The molecule has 15 heavy (non-hydrogen) atoms. The summed E-state index contributed by atoms with van der Waals surface area (Å²) in [5, 5.41) is 0. The largest absolute Gasteiger partial charge is 0.466 e. The smallest absolute Gasteiger partial charge is 0.311 e. The van der Waals surface area contributed by atoms with Crippen LogP contribution < -0.4 is 0 Å². The molecule has 0 aromatic heterocycles. The van der Waals surface area contributed by atoms with Gasteiger partial charge in [-0.1, -0.05) is 6.42 Å². The first-order valence-corrected chi connectivity index (χ1v) is 5.67. The topological polar surface area (TPSA) is 43.4 Å². The molecular formula is C12H20O3. The fraction of sp³-hybridized carbons (Fsp3) is 0.833. The minimum absolute atomic E-state index is 0.207. The van der Waals surface area contributed by atoms with Crippen LogP contribution in [0.5, 0.6) is 0 Å². The van der Waals surface area contributed by atoms with E-state index >= 15 is 0 Å². The second-order valence-electron chi connectivity index (χ2n) is 4.88. The summed E-state index contributed by atoms with van der Waals surface area (Å²) >= 11 is 0. The van der Waals surface area contributed by atoms with Crippen LogP contribution >= 0.6 is 0 Å². The van der Waals surface area contributed by atoms with E-state index in [4.69, 9.17) is 4.74 Å². The van der Waals surface area contributed by atoms with E-state index in [1.807, 2.05) is 0 Å². The van der Waals surface area contributed by atoms with Gasteiger partial charge in [-0.25, -0.2) is 0 Å². The lowest BCUT2D eigenvalue weighted by molar-refractivity contribution is -0.156. The van der Waals surface area contributed by atoms with Crippen LogP contribution in [0.4, 0.5) is 0 Å². The van der Waals surface area contributed by atoms with E-state index in [0.29, 0.717) is 13.0 Å². The maximum Gasteiger partial charge on any atom is 0.311 e. The third-order valence-electron chi connectivity index (χ3n) is 3.00. The van der Waals surface area contributed by atoms with Gasteiger partial charge < -0.3 is 4.74 Å². The van der Waals surface area contributed by atoms with Crippen LogP contribution in [0.2, 0.25) is 0 Å². The van der Waals surface area contributed by atoms with Crippen molar-refractivity contribution in [3.63, 3.8) is 0 Å². The summed E-state index contributed by atoms with van der Waals surface area (Å²) < 4.78 is 4.95. The Kier molecular flexibility index (Phi) is 3.89. The highest BCUT2D eigenvalue weighted by Crippen LogP contribution is 2.32. The average Bonchev–Trinajstić information content (AvgIpc) is 1.99. The summed E-state index contributed by atoms with van der Waals surface area (Å²) in [5.41, 5.74) is -0.664. The van der Waals surface area contributed by atoms with Crippen LogP contribution in [-0.2, 0) is 14.3 Å². The Balaban J connectivity index is 2.46. The molecule has 1 saturated carbocycles.